The maximum absolute atomic E-state index is 12.7. The first-order chi connectivity index (χ1) is 14.0. The quantitative estimate of drug-likeness (QED) is 0.475. The highest BCUT2D eigenvalue weighted by atomic mass is 35.5. The van der Waals surface area contributed by atoms with Crippen molar-refractivity contribution < 1.29 is 4.79 Å². The number of rotatable bonds is 5. The van der Waals surface area contributed by atoms with Crippen molar-refractivity contribution >= 4 is 28.5 Å². The largest absolute Gasteiger partial charge is 0.342 e. The van der Waals surface area contributed by atoms with Gasteiger partial charge in [0.2, 0.25) is 0 Å². The van der Waals surface area contributed by atoms with Gasteiger partial charge in [-0.2, -0.15) is 0 Å². The van der Waals surface area contributed by atoms with Crippen molar-refractivity contribution in [2.24, 2.45) is 0 Å². The van der Waals surface area contributed by atoms with Crippen LogP contribution >= 0.6 is 11.6 Å². The van der Waals surface area contributed by atoms with Crippen LogP contribution < -0.4 is 5.32 Å². The van der Waals surface area contributed by atoms with E-state index >= 15 is 0 Å². The number of nitrogens with zero attached hydrogens (tertiary/aromatic N) is 2. The summed E-state index contributed by atoms with van der Waals surface area (Å²) < 4.78 is 2.18. The monoisotopic (exact) mass is 403 g/mol. The van der Waals surface area contributed by atoms with Gasteiger partial charge in [-0.05, 0) is 61.4 Å². The fraction of sp³-hybridized carbons (Fsp3) is 0.167. The number of halogens is 1. The third kappa shape index (κ3) is 4.03. The van der Waals surface area contributed by atoms with Crippen LogP contribution in [-0.4, -0.2) is 15.5 Å². The maximum atomic E-state index is 12.7. The van der Waals surface area contributed by atoms with Gasteiger partial charge in [-0.15, -0.1) is 0 Å². The molecule has 4 nitrogen and oxygen atoms in total. The number of hydrogen-bond donors (Lipinski definition) is 1. The van der Waals surface area contributed by atoms with Crippen molar-refractivity contribution in [2.75, 3.05) is 0 Å². The van der Waals surface area contributed by atoms with E-state index in [1.165, 1.54) is 11.1 Å². The first-order valence-corrected chi connectivity index (χ1v) is 9.97. The molecule has 0 aliphatic carbocycles. The summed E-state index contributed by atoms with van der Waals surface area (Å²) in [5.41, 5.74) is 5.01. The van der Waals surface area contributed by atoms with Crippen molar-refractivity contribution in [3.8, 4) is 0 Å². The van der Waals surface area contributed by atoms with E-state index in [9.17, 15) is 4.79 Å². The Hall–Kier alpha value is -3.11. The van der Waals surface area contributed by atoms with Gasteiger partial charge in [0.15, 0.2) is 0 Å². The Labute approximate surface area is 175 Å². The molecular formula is C24H22ClN3O. The zero-order valence-electron chi connectivity index (χ0n) is 16.4. The van der Waals surface area contributed by atoms with Crippen LogP contribution in [-0.2, 0) is 6.54 Å². The molecular weight excluding hydrogens is 382 g/mol. The molecule has 5 heteroatoms. The number of para-hydroxylation sites is 2. The standard InChI is InChI=1S/C24H22ClN3O/c1-16-7-3-4-8-19(16)15-28-22-10-6-5-9-21(22)27-23(28)17(2)26-24(29)18-11-13-20(25)14-12-18/h3-14,17H,15H2,1-2H3,(H,26,29). The molecule has 1 atom stereocenters. The Kier molecular flexibility index (Phi) is 5.36. The summed E-state index contributed by atoms with van der Waals surface area (Å²) in [6, 6.07) is 23.0. The third-order valence-corrected chi connectivity index (χ3v) is 5.37. The van der Waals surface area contributed by atoms with Crippen molar-refractivity contribution in [1.29, 1.82) is 0 Å². The Morgan fingerprint density at radius 2 is 1.72 bits per heavy atom. The predicted octanol–water partition coefficient (Wildman–Crippen LogP) is 5.54. The van der Waals surface area contributed by atoms with E-state index in [2.05, 4.69) is 35.0 Å². The summed E-state index contributed by atoms with van der Waals surface area (Å²) in [5, 5.41) is 3.67. The lowest BCUT2D eigenvalue weighted by atomic mass is 10.1. The number of aryl methyl sites for hydroxylation is 1. The number of amides is 1. The second kappa shape index (κ2) is 8.10. The number of benzene rings is 3. The second-order valence-corrected chi connectivity index (χ2v) is 7.61. The first kappa shape index (κ1) is 19.2. The van der Waals surface area contributed by atoms with Crippen LogP contribution in [0.2, 0.25) is 5.02 Å². The summed E-state index contributed by atoms with van der Waals surface area (Å²) in [5.74, 6) is 0.681. The molecule has 4 aromatic rings. The van der Waals surface area contributed by atoms with E-state index < -0.39 is 0 Å². The average molecular weight is 404 g/mol. The minimum absolute atomic E-state index is 0.149. The minimum Gasteiger partial charge on any atom is -0.342 e. The van der Waals surface area contributed by atoms with Gasteiger partial charge in [0.1, 0.15) is 5.82 Å². The van der Waals surface area contributed by atoms with Crippen molar-refractivity contribution in [3.05, 3.63) is 100 Å². The molecule has 3 aromatic carbocycles. The van der Waals surface area contributed by atoms with E-state index in [1.54, 1.807) is 24.3 Å². The van der Waals surface area contributed by atoms with Gasteiger partial charge in [0, 0.05) is 17.1 Å². The van der Waals surface area contributed by atoms with Crippen LogP contribution in [0.4, 0.5) is 0 Å². The number of fused-ring (bicyclic) bond motifs is 1. The van der Waals surface area contributed by atoms with E-state index in [0.717, 1.165) is 16.9 Å². The van der Waals surface area contributed by atoms with Crippen LogP contribution in [0.15, 0.2) is 72.8 Å². The fourth-order valence-electron chi connectivity index (χ4n) is 3.49. The molecule has 4 rings (SSSR count). The summed E-state index contributed by atoms with van der Waals surface area (Å²) >= 11 is 5.93. The molecule has 1 unspecified atom stereocenters. The SMILES string of the molecule is Cc1ccccc1Cn1c(C(C)NC(=O)c2ccc(Cl)cc2)nc2ccccc21. The molecule has 0 fully saturated rings. The van der Waals surface area contributed by atoms with E-state index in [1.807, 2.05) is 37.3 Å². The zero-order chi connectivity index (χ0) is 20.4. The lowest BCUT2D eigenvalue weighted by Gasteiger charge is -2.17. The highest BCUT2D eigenvalue weighted by molar-refractivity contribution is 6.30. The Morgan fingerprint density at radius 1 is 1.03 bits per heavy atom. The highest BCUT2D eigenvalue weighted by Crippen LogP contribution is 2.23. The Morgan fingerprint density at radius 3 is 2.48 bits per heavy atom. The number of hydrogen-bond acceptors (Lipinski definition) is 2. The van der Waals surface area contributed by atoms with Gasteiger partial charge >= 0.3 is 0 Å². The molecule has 146 valence electrons. The molecule has 1 amide bonds. The average Bonchev–Trinajstić information content (AvgIpc) is 3.09. The van der Waals surface area contributed by atoms with E-state index in [0.29, 0.717) is 17.1 Å². The normalized spacial score (nSPS) is 12.1. The maximum Gasteiger partial charge on any atom is 0.251 e. The van der Waals surface area contributed by atoms with Gasteiger partial charge in [-0.3, -0.25) is 4.79 Å². The Bertz CT molecular complexity index is 1160. The zero-order valence-corrected chi connectivity index (χ0v) is 17.1. The fourth-order valence-corrected chi connectivity index (χ4v) is 3.62. The summed E-state index contributed by atoms with van der Waals surface area (Å²) in [7, 11) is 0. The van der Waals surface area contributed by atoms with Crippen molar-refractivity contribution in [2.45, 2.75) is 26.4 Å². The van der Waals surface area contributed by atoms with Gasteiger partial charge in [-0.1, -0.05) is 48.0 Å². The molecule has 0 aliphatic rings. The van der Waals surface area contributed by atoms with Crippen LogP contribution in [0, 0.1) is 6.92 Å². The van der Waals surface area contributed by atoms with Gasteiger partial charge < -0.3 is 9.88 Å². The third-order valence-electron chi connectivity index (χ3n) is 5.12. The topological polar surface area (TPSA) is 46.9 Å². The van der Waals surface area contributed by atoms with Gasteiger partial charge in [0.25, 0.3) is 5.91 Å². The lowest BCUT2D eigenvalue weighted by molar-refractivity contribution is 0.0938. The molecule has 29 heavy (non-hydrogen) atoms. The lowest BCUT2D eigenvalue weighted by Crippen LogP contribution is -2.28. The number of aromatic nitrogens is 2. The molecule has 1 aromatic heterocycles. The number of carbonyl (C=O) groups excluding carboxylic acids is 1. The molecule has 1 N–H and O–H groups in total. The minimum atomic E-state index is -0.255. The molecule has 0 radical (unpaired) electrons. The number of nitrogens with one attached hydrogen (secondary N) is 1. The van der Waals surface area contributed by atoms with Crippen LogP contribution in [0.25, 0.3) is 11.0 Å². The second-order valence-electron chi connectivity index (χ2n) is 7.17. The summed E-state index contributed by atoms with van der Waals surface area (Å²) in [6.45, 7) is 4.77. The van der Waals surface area contributed by atoms with Gasteiger partial charge in [-0.25, -0.2) is 4.98 Å². The summed E-state index contributed by atoms with van der Waals surface area (Å²) in [4.78, 5) is 17.5. The Balaban J connectivity index is 1.68. The molecule has 0 bridgehead atoms. The molecule has 1 heterocycles. The molecule has 0 saturated carbocycles. The van der Waals surface area contributed by atoms with E-state index in [-0.39, 0.29) is 11.9 Å². The highest BCUT2D eigenvalue weighted by Gasteiger charge is 2.19. The van der Waals surface area contributed by atoms with Crippen LogP contribution in [0.3, 0.4) is 0 Å². The first-order valence-electron chi connectivity index (χ1n) is 9.59. The van der Waals surface area contributed by atoms with Crippen LogP contribution in [0.1, 0.15) is 40.3 Å². The van der Waals surface area contributed by atoms with Crippen molar-refractivity contribution in [1.82, 2.24) is 14.9 Å². The predicted molar refractivity (Wildman–Crippen MR) is 117 cm³/mol. The van der Waals surface area contributed by atoms with Crippen LogP contribution in [0.5, 0.6) is 0 Å². The van der Waals surface area contributed by atoms with Gasteiger partial charge in [0.05, 0.1) is 17.1 Å². The number of carbonyl (C=O) groups is 1. The molecule has 0 spiro atoms. The smallest absolute Gasteiger partial charge is 0.251 e. The molecule has 0 aliphatic heterocycles. The van der Waals surface area contributed by atoms with E-state index in [4.69, 9.17) is 16.6 Å². The molecule has 0 saturated heterocycles. The number of imidazole rings is 1. The van der Waals surface area contributed by atoms with Crippen molar-refractivity contribution in [3.63, 3.8) is 0 Å². The summed E-state index contributed by atoms with van der Waals surface area (Å²) in [6.07, 6.45) is 0.